The second kappa shape index (κ2) is 7.15. The molecule has 2 heterocycles. The van der Waals surface area contributed by atoms with Gasteiger partial charge < -0.3 is 5.32 Å². The molecule has 0 unspecified atom stereocenters. The molecule has 0 spiro atoms. The van der Waals surface area contributed by atoms with Gasteiger partial charge in [0, 0.05) is 36.0 Å². The Morgan fingerprint density at radius 1 is 1.38 bits per heavy atom. The number of rotatable bonds is 4. The Kier molecular flexibility index (Phi) is 4.97. The average molecular weight is 406 g/mol. The first kappa shape index (κ1) is 16.7. The molecule has 24 heavy (non-hydrogen) atoms. The van der Waals surface area contributed by atoms with Crippen molar-refractivity contribution in [2.45, 2.75) is 6.54 Å². The molecule has 7 heteroatoms. The Balaban J connectivity index is 1.80. The molecule has 1 N–H and O–H groups in total. The zero-order valence-electron chi connectivity index (χ0n) is 12.8. The highest BCUT2D eigenvalue weighted by Gasteiger charge is 2.13. The molecule has 0 aliphatic rings. The number of aryl methyl sites for hydroxylation is 1. The van der Waals surface area contributed by atoms with Crippen LogP contribution in [0.4, 0.5) is 0 Å². The summed E-state index contributed by atoms with van der Waals surface area (Å²) in [5, 5.41) is 7.47. The van der Waals surface area contributed by atoms with E-state index in [2.05, 4.69) is 31.3 Å². The summed E-state index contributed by atoms with van der Waals surface area (Å²) in [5.74, 6) is -0.234. The molecule has 0 aliphatic carbocycles. The van der Waals surface area contributed by atoms with Gasteiger partial charge in [0.2, 0.25) is 0 Å². The third-order valence-electron chi connectivity index (χ3n) is 3.48. The van der Waals surface area contributed by atoms with Gasteiger partial charge in [-0.2, -0.15) is 5.10 Å². The van der Waals surface area contributed by atoms with Crippen molar-refractivity contribution in [3.8, 4) is 11.3 Å². The van der Waals surface area contributed by atoms with Crippen molar-refractivity contribution < 1.29 is 4.79 Å². The summed E-state index contributed by atoms with van der Waals surface area (Å²) in [6.45, 7) is 0.347. The number of carbonyl (C=O) groups excluding carboxylic acids is 1. The van der Waals surface area contributed by atoms with E-state index in [1.165, 1.54) is 0 Å². The molecule has 0 bridgehead atoms. The van der Waals surface area contributed by atoms with E-state index in [0.29, 0.717) is 17.1 Å². The lowest BCUT2D eigenvalue weighted by Gasteiger charge is -2.10. The van der Waals surface area contributed by atoms with E-state index in [0.717, 1.165) is 21.3 Å². The number of nitrogens with one attached hydrogen (secondary N) is 1. The Morgan fingerprint density at radius 3 is 2.96 bits per heavy atom. The fourth-order valence-corrected chi connectivity index (χ4v) is 2.89. The molecule has 0 saturated carbocycles. The van der Waals surface area contributed by atoms with E-state index in [9.17, 15) is 4.79 Å². The number of halogens is 2. The van der Waals surface area contributed by atoms with Crippen LogP contribution in [0.3, 0.4) is 0 Å². The van der Waals surface area contributed by atoms with Gasteiger partial charge in [0.15, 0.2) is 0 Å². The topological polar surface area (TPSA) is 59.8 Å². The highest BCUT2D eigenvalue weighted by molar-refractivity contribution is 9.10. The van der Waals surface area contributed by atoms with Gasteiger partial charge in [0.25, 0.3) is 5.91 Å². The van der Waals surface area contributed by atoms with Crippen LogP contribution in [0.2, 0.25) is 5.02 Å². The van der Waals surface area contributed by atoms with E-state index >= 15 is 0 Å². The van der Waals surface area contributed by atoms with Gasteiger partial charge in [-0.05, 0) is 29.8 Å². The van der Waals surface area contributed by atoms with Crippen molar-refractivity contribution in [1.29, 1.82) is 0 Å². The molecule has 5 nitrogen and oxygen atoms in total. The third-order valence-corrected chi connectivity index (χ3v) is 4.30. The second-order valence-corrected chi connectivity index (χ2v) is 6.54. The summed E-state index contributed by atoms with van der Waals surface area (Å²) in [6, 6.07) is 8.95. The molecule has 0 fully saturated rings. The second-order valence-electron chi connectivity index (χ2n) is 5.22. The molecule has 0 radical (unpaired) electrons. The predicted molar refractivity (Wildman–Crippen MR) is 96.8 cm³/mol. The summed E-state index contributed by atoms with van der Waals surface area (Å²) in [4.78, 5) is 16.8. The van der Waals surface area contributed by atoms with Gasteiger partial charge in [-0.1, -0.05) is 33.6 Å². The minimum Gasteiger partial charge on any atom is -0.348 e. The van der Waals surface area contributed by atoms with Crippen LogP contribution in [0.5, 0.6) is 0 Å². The smallest absolute Gasteiger partial charge is 0.253 e. The van der Waals surface area contributed by atoms with Crippen LogP contribution in [0, 0.1) is 0 Å². The van der Waals surface area contributed by atoms with Gasteiger partial charge in [-0.3, -0.25) is 14.5 Å². The summed E-state index contributed by atoms with van der Waals surface area (Å²) >= 11 is 9.44. The lowest BCUT2D eigenvalue weighted by atomic mass is 10.1. The van der Waals surface area contributed by atoms with Crippen molar-refractivity contribution in [1.82, 2.24) is 20.1 Å². The summed E-state index contributed by atoms with van der Waals surface area (Å²) in [5.41, 5.74) is 3.04. The summed E-state index contributed by atoms with van der Waals surface area (Å²) in [6.07, 6.45) is 5.36. The van der Waals surface area contributed by atoms with Crippen molar-refractivity contribution in [2.75, 3.05) is 0 Å². The molecule has 1 amide bonds. The van der Waals surface area contributed by atoms with E-state index in [1.54, 1.807) is 35.3 Å². The number of nitrogens with zero attached hydrogens (tertiary/aromatic N) is 3. The molecule has 0 atom stereocenters. The number of hydrogen-bond donors (Lipinski definition) is 1. The maximum atomic E-state index is 12.4. The largest absolute Gasteiger partial charge is 0.348 e. The molecule has 122 valence electrons. The molecule has 3 rings (SSSR count). The molecule has 2 aromatic heterocycles. The van der Waals surface area contributed by atoms with Crippen molar-refractivity contribution in [3.05, 3.63) is 69.5 Å². The van der Waals surface area contributed by atoms with Crippen LogP contribution in [-0.4, -0.2) is 20.7 Å². The molecule has 1 aromatic carbocycles. The van der Waals surface area contributed by atoms with Crippen LogP contribution in [-0.2, 0) is 13.6 Å². The predicted octanol–water partition coefficient (Wildman–Crippen LogP) is 3.83. The van der Waals surface area contributed by atoms with Crippen molar-refractivity contribution >= 4 is 33.4 Å². The molecule has 3 aromatic rings. The first-order valence-corrected chi connectivity index (χ1v) is 8.38. The lowest BCUT2D eigenvalue weighted by Crippen LogP contribution is -2.23. The van der Waals surface area contributed by atoms with Gasteiger partial charge in [0.05, 0.1) is 22.5 Å². The number of aromatic nitrogens is 3. The number of carbonyl (C=O) groups is 1. The number of amides is 1. The lowest BCUT2D eigenvalue weighted by molar-refractivity contribution is 0.0951. The SMILES string of the molecule is Cn1cc(-c2ncccc2CNC(=O)c2cc(Br)ccc2Cl)cn1. The van der Waals surface area contributed by atoms with E-state index in [-0.39, 0.29) is 5.91 Å². The molecule has 0 saturated heterocycles. The van der Waals surface area contributed by atoms with E-state index < -0.39 is 0 Å². The molecular formula is C17H14BrClN4O. The average Bonchev–Trinajstić information content (AvgIpc) is 3.01. The highest BCUT2D eigenvalue weighted by atomic mass is 79.9. The zero-order chi connectivity index (χ0) is 17.1. The maximum Gasteiger partial charge on any atom is 0.253 e. The van der Waals surface area contributed by atoms with Gasteiger partial charge in [-0.15, -0.1) is 0 Å². The Morgan fingerprint density at radius 2 is 2.21 bits per heavy atom. The molecular weight excluding hydrogens is 392 g/mol. The minimum atomic E-state index is -0.234. The van der Waals surface area contributed by atoms with Gasteiger partial charge in [-0.25, -0.2) is 0 Å². The van der Waals surface area contributed by atoms with Crippen LogP contribution in [0.25, 0.3) is 11.3 Å². The van der Waals surface area contributed by atoms with Crippen LogP contribution < -0.4 is 5.32 Å². The zero-order valence-corrected chi connectivity index (χ0v) is 15.2. The maximum absolute atomic E-state index is 12.4. The quantitative estimate of drug-likeness (QED) is 0.717. The van der Waals surface area contributed by atoms with Gasteiger partial charge in [0.1, 0.15) is 0 Å². The van der Waals surface area contributed by atoms with E-state index in [4.69, 9.17) is 11.6 Å². The monoisotopic (exact) mass is 404 g/mol. The van der Waals surface area contributed by atoms with Crippen molar-refractivity contribution in [3.63, 3.8) is 0 Å². The Bertz CT molecular complexity index is 894. The van der Waals surface area contributed by atoms with Crippen LogP contribution >= 0.6 is 27.5 Å². The minimum absolute atomic E-state index is 0.234. The van der Waals surface area contributed by atoms with Crippen LogP contribution in [0.1, 0.15) is 15.9 Å². The Hall–Kier alpha value is -2.18. The fraction of sp³-hybridized carbons (Fsp3) is 0.118. The first-order valence-electron chi connectivity index (χ1n) is 7.21. The number of benzene rings is 1. The first-order chi connectivity index (χ1) is 11.5. The van der Waals surface area contributed by atoms with E-state index in [1.807, 2.05) is 25.4 Å². The third kappa shape index (κ3) is 3.66. The van der Waals surface area contributed by atoms with Crippen LogP contribution in [0.15, 0.2) is 53.4 Å². The highest BCUT2D eigenvalue weighted by Crippen LogP contribution is 2.22. The Labute approximate surface area is 152 Å². The summed E-state index contributed by atoms with van der Waals surface area (Å²) in [7, 11) is 1.85. The number of pyridine rings is 1. The van der Waals surface area contributed by atoms with Gasteiger partial charge >= 0.3 is 0 Å². The van der Waals surface area contributed by atoms with Crippen molar-refractivity contribution in [2.24, 2.45) is 7.05 Å². The summed E-state index contributed by atoms with van der Waals surface area (Å²) < 4.78 is 2.52. The molecule has 0 aliphatic heterocycles. The standard InChI is InChI=1S/C17H14BrClN4O/c1-23-10-12(9-22-23)16-11(3-2-6-20-16)8-21-17(24)14-7-13(18)4-5-15(14)19/h2-7,9-10H,8H2,1H3,(H,21,24). The normalized spacial score (nSPS) is 10.6. The fourth-order valence-electron chi connectivity index (χ4n) is 2.33. The number of hydrogen-bond acceptors (Lipinski definition) is 3.